The molecule has 1 aliphatic rings. The van der Waals surface area contributed by atoms with Gasteiger partial charge in [-0.05, 0) is 23.4 Å². The average molecular weight is 338 g/mol. The minimum atomic E-state index is -3.66. The first-order chi connectivity index (χ1) is 11.1. The highest BCUT2D eigenvalue weighted by atomic mass is 32.2. The number of benzene rings is 1. The van der Waals surface area contributed by atoms with Crippen LogP contribution in [0.5, 0.6) is 0 Å². The number of morpholine rings is 1. The molecule has 11 heteroatoms. The van der Waals surface area contributed by atoms with Crippen LogP contribution < -0.4 is 5.32 Å². The number of aromatic amines is 1. The van der Waals surface area contributed by atoms with Crippen LogP contribution in [0.2, 0.25) is 0 Å². The maximum absolute atomic E-state index is 12.6. The summed E-state index contributed by atoms with van der Waals surface area (Å²) in [5.41, 5.74) is 0.184. The Morgan fingerprint density at radius 2 is 2.09 bits per heavy atom. The Labute approximate surface area is 131 Å². The van der Waals surface area contributed by atoms with E-state index in [2.05, 4.69) is 25.9 Å². The molecule has 10 nitrogen and oxygen atoms in total. The summed E-state index contributed by atoms with van der Waals surface area (Å²) in [6.07, 6.45) is 0. The van der Waals surface area contributed by atoms with Gasteiger partial charge in [-0.25, -0.2) is 8.42 Å². The van der Waals surface area contributed by atoms with E-state index < -0.39 is 15.9 Å². The molecule has 2 N–H and O–H groups in total. The van der Waals surface area contributed by atoms with Crippen molar-refractivity contribution in [3.63, 3.8) is 0 Å². The van der Waals surface area contributed by atoms with Gasteiger partial charge in [-0.15, -0.1) is 5.10 Å². The van der Waals surface area contributed by atoms with Gasteiger partial charge in [0, 0.05) is 18.7 Å². The molecule has 0 unspecified atom stereocenters. The highest BCUT2D eigenvalue weighted by Crippen LogP contribution is 2.18. The smallest absolute Gasteiger partial charge is 0.270 e. The van der Waals surface area contributed by atoms with Crippen LogP contribution in [0.1, 0.15) is 10.4 Å². The fourth-order valence-electron chi connectivity index (χ4n) is 2.12. The number of anilines is 1. The van der Waals surface area contributed by atoms with E-state index in [-0.39, 0.29) is 16.4 Å². The van der Waals surface area contributed by atoms with E-state index in [0.717, 1.165) is 0 Å². The zero-order valence-electron chi connectivity index (χ0n) is 12.0. The van der Waals surface area contributed by atoms with Crippen LogP contribution in [0.4, 0.5) is 5.95 Å². The summed E-state index contributed by atoms with van der Waals surface area (Å²) >= 11 is 0. The Morgan fingerprint density at radius 3 is 2.78 bits per heavy atom. The van der Waals surface area contributed by atoms with Gasteiger partial charge in [0.15, 0.2) is 0 Å². The first-order valence-corrected chi connectivity index (χ1v) is 8.24. The molecular formula is C12H14N6O4S. The van der Waals surface area contributed by atoms with E-state index in [9.17, 15) is 13.2 Å². The lowest BCUT2D eigenvalue weighted by molar-refractivity contribution is 0.0730. The van der Waals surface area contributed by atoms with Crippen LogP contribution in [0.25, 0.3) is 0 Å². The minimum Gasteiger partial charge on any atom is -0.379 e. The first kappa shape index (κ1) is 15.5. The van der Waals surface area contributed by atoms with E-state index in [1.165, 1.54) is 28.6 Å². The molecular weight excluding hydrogens is 324 g/mol. The van der Waals surface area contributed by atoms with Crippen molar-refractivity contribution in [1.29, 1.82) is 0 Å². The molecule has 0 atom stereocenters. The summed E-state index contributed by atoms with van der Waals surface area (Å²) in [7, 11) is -3.66. The van der Waals surface area contributed by atoms with Crippen molar-refractivity contribution in [2.24, 2.45) is 0 Å². The summed E-state index contributed by atoms with van der Waals surface area (Å²) in [6, 6.07) is 5.79. The number of ether oxygens (including phenoxy) is 1. The van der Waals surface area contributed by atoms with Gasteiger partial charge in [0.1, 0.15) is 0 Å². The molecule has 0 aliphatic carbocycles. The maximum Gasteiger partial charge on any atom is 0.270 e. The van der Waals surface area contributed by atoms with E-state index in [4.69, 9.17) is 4.74 Å². The van der Waals surface area contributed by atoms with Gasteiger partial charge >= 0.3 is 0 Å². The van der Waals surface area contributed by atoms with Gasteiger partial charge in [0.05, 0.1) is 18.1 Å². The van der Waals surface area contributed by atoms with Crippen LogP contribution >= 0.6 is 0 Å². The third-order valence-electron chi connectivity index (χ3n) is 3.27. The molecule has 1 saturated heterocycles. The first-order valence-electron chi connectivity index (χ1n) is 6.80. The highest BCUT2D eigenvalue weighted by Gasteiger charge is 2.26. The third-order valence-corrected chi connectivity index (χ3v) is 5.17. The van der Waals surface area contributed by atoms with Gasteiger partial charge in [0.25, 0.3) is 11.9 Å². The molecule has 1 fully saturated rings. The summed E-state index contributed by atoms with van der Waals surface area (Å²) in [5.74, 6) is -0.512. The molecule has 122 valence electrons. The zero-order chi connectivity index (χ0) is 16.3. The predicted octanol–water partition coefficient (Wildman–Crippen LogP) is -0.527. The number of hydrogen-bond acceptors (Lipinski definition) is 7. The van der Waals surface area contributed by atoms with Crippen LogP contribution in [0, 0.1) is 0 Å². The third kappa shape index (κ3) is 3.36. The van der Waals surface area contributed by atoms with Crippen molar-refractivity contribution in [3.05, 3.63) is 29.8 Å². The zero-order valence-corrected chi connectivity index (χ0v) is 12.8. The van der Waals surface area contributed by atoms with E-state index >= 15 is 0 Å². The molecule has 0 saturated carbocycles. The van der Waals surface area contributed by atoms with Gasteiger partial charge in [-0.2, -0.15) is 9.52 Å². The Kier molecular flexibility index (Phi) is 4.32. The quantitative estimate of drug-likeness (QED) is 0.766. The molecule has 1 aromatic heterocycles. The number of carbonyl (C=O) groups excluding carboxylic acids is 1. The van der Waals surface area contributed by atoms with E-state index in [1.807, 2.05) is 0 Å². The molecule has 2 aromatic rings. The molecule has 0 bridgehead atoms. The Bertz CT molecular complexity index is 786. The van der Waals surface area contributed by atoms with Crippen LogP contribution in [0.15, 0.2) is 29.2 Å². The molecule has 0 radical (unpaired) electrons. The van der Waals surface area contributed by atoms with E-state index in [0.29, 0.717) is 26.3 Å². The fourth-order valence-corrected chi connectivity index (χ4v) is 3.58. The number of rotatable bonds is 4. The van der Waals surface area contributed by atoms with Crippen molar-refractivity contribution in [2.75, 3.05) is 31.6 Å². The number of aromatic nitrogens is 4. The number of carbonyl (C=O) groups is 1. The number of sulfonamides is 1. The molecule has 0 spiro atoms. The number of amides is 1. The standard InChI is InChI=1S/C12H14N6O4S/c19-11(13-12-14-16-17-15-12)9-2-1-3-10(8-9)23(20,21)18-4-6-22-7-5-18/h1-3,8H,4-7H2,(H2,13,14,15,16,17,19). The van der Waals surface area contributed by atoms with Gasteiger partial charge < -0.3 is 4.74 Å². The summed E-state index contributed by atoms with van der Waals surface area (Å²) in [4.78, 5) is 12.2. The van der Waals surface area contributed by atoms with Crippen molar-refractivity contribution in [3.8, 4) is 0 Å². The molecule has 3 rings (SSSR count). The van der Waals surface area contributed by atoms with Gasteiger partial charge in [-0.3, -0.25) is 10.1 Å². The van der Waals surface area contributed by atoms with Crippen LogP contribution in [-0.4, -0.2) is 65.6 Å². The minimum absolute atomic E-state index is 0.0106. The topological polar surface area (TPSA) is 130 Å². The van der Waals surface area contributed by atoms with Crippen molar-refractivity contribution >= 4 is 21.9 Å². The summed E-state index contributed by atoms with van der Waals surface area (Å²) < 4.78 is 31.7. The molecule has 1 aliphatic heterocycles. The highest BCUT2D eigenvalue weighted by molar-refractivity contribution is 7.89. The Balaban J connectivity index is 1.83. The van der Waals surface area contributed by atoms with Gasteiger partial charge in [-0.1, -0.05) is 11.2 Å². The number of nitrogens with zero attached hydrogens (tertiary/aromatic N) is 4. The molecule has 23 heavy (non-hydrogen) atoms. The second kappa shape index (κ2) is 6.40. The number of tetrazole rings is 1. The molecule has 1 aromatic carbocycles. The summed E-state index contributed by atoms with van der Waals surface area (Å²) in [6.45, 7) is 1.30. The van der Waals surface area contributed by atoms with Crippen molar-refractivity contribution < 1.29 is 17.9 Å². The van der Waals surface area contributed by atoms with E-state index in [1.54, 1.807) is 0 Å². The SMILES string of the molecule is O=C(Nc1nn[nH]n1)c1cccc(S(=O)(=O)N2CCOCC2)c1. The molecule has 1 amide bonds. The van der Waals surface area contributed by atoms with Crippen LogP contribution in [0.3, 0.4) is 0 Å². The Morgan fingerprint density at radius 1 is 1.30 bits per heavy atom. The summed E-state index contributed by atoms with van der Waals surface area (Å²) in [5, 5.41) is 15.2. The lowest BCUT2D eigenvalue weighted by Crippen LogP contribution is -2.40. The fraction of sp³-hybridized carbons (Fsp3) is 0.333. The van der Waals surface area contributed by atoms with Crippen molar-refractivity contribution in [1.82, 2.24) is 24.9 Å². The second-order valence-corrected chi connectivity index (χ2v) is 6.67. The maximum atomic E-state index is 12.6. The lowest BCUT2D eigenvalue weighted by atomic mass is 10.2. The number of nitrogens with one attached hydrogen (secondary N) is 2. The lowest BCUT2D eigenvalue weighted by Gasteiger charge is -2.26. The van der Waals surface area contributed by atoms with Crippen LogP contribution in [-0.2, 0) is 14.8 Å². The number of H-pyrrole nitrogens is 1. The largest absolute Gasteiger partial charge is 0.379 e. The van der Waals surface area contributed by atoms with Crippen molar-refractivity contribution in [2.45, 2.75) is 4.90 Å². The van der Waals surface area contributed by atoms with Gasteiger partial charge in [0.2, 0.25) is 10.0 Å². The second-order valence-electron chi connectivity index (χ2n) is 4.73. The Hall–Kier alpha value is -2.37. The number of hydrogen-bond donors (Lipinski definition) is 2. The monoisotopic (exact) mass is 338 g/mol. The normalized spacial score (nSPS) is 16.2. The predicted molar refractivity (Wildman–Crippen MR) is 78.2 cm³/mol. The average Bonchev–Trinajstić information content (AvgIpc) is 3.09. The molecule has 2 heterocycles.